The summed E-state index contributed by atoms with van der Waals surface area (Å²) in [6, 6.07) is 17.9. The number of hydrogen-bond acceptors (Lipinski definition) is 4. The Morgan fingerprint density at radius 3 is 2.59 bits per heavy atom. The molecule has 1 aliphatic heterocycles. The number of hydrogen-bond donors (Lipinski definition) is 0. The van der Waals surface area contributed by atoms with Gasteiger partial charge in [0.1, 0.15) is 4.88 Å². The highest BCUT2D eigenvalue weighted by atomic mass is 32.1. The zero-order chi connectivity index (χ0) is 20.5. The maximum atomic E-state index is 13.1. The van der Waals surface area contributed by atoms with E-state index in [1.54, 1.807) is 11.8 Å². The molecule has 2 heterocycles. The van der Waals surface area contributed by atoms with Crippen LogP contribution in [0.5, 0.6) is 0 Å². The highest BCUT2D eigenvalue weighted by molar-refractivity contribution is 7.12. The molecular formula is C24H23NO3S. The predicted molar refractivity (Wildman–Crippen MR) is 116 cm³/mol. The van der Waals surface area contributed by atoms with Gasteiger partial charge in [0.05, 0.1) is 0 Å². The average Bonchev–Trinajstić information content (AvgIpc) is 3.32. The lowest BCUT2D eigenvalue weighted by molar-refractivity contribution is -0.126. The van der Waals surface area contributed by atoms with E-state index in [-0.39, 0.29) is 11.9 Å². The Bertz CT molecular complexity index is 1050. The maximum Gasteiger partial charge on any atom is 0.349 e. The van der Waals surface area contributed by atoms with E-state index in [0.29, 0.717) is 4.88 Å². The summed E-state index contributed by atoms with van der Waals surface area (Å²) in [5.74, 6) is -0.652. The summed E-state index contributed by atoms with van der Waals surface area (Å²) in [7, 11) is 0. The van der Waals surface area contributed by atoms with Gasteiger partial charge in [-0.15, -0.1) is 11.3 Å². The van der Waals surface area contributed by atoms with Crippen LogP contribution < -0.4 is 4.90 Å². The molecule has 2 aromatic carbocycles. The van der Waals surface area contributed by atoms with E-state index >= 15 is 0 Å². The Morgan fingerprint density at radius 2 is 1.83 bits per heavy atom. The van der Waals surface area contributed by atoms with Crippen LogP contribution in [0.15, 0.2) is 60.0 Å². The van der Waals surface area contributed by atoms with Crippen molar-refractivity contribution in [1.82, 2.24) is 0 Å². The van der Waals surface area contributed by atoms with Crippen molar-refractivity contribution in [2.24, 2.45) is 0 Å². The lowest BCUT2D eigenvalue weighted by Crippen LogP contribution is -2.43. The van der Waals surface area contributed by atoms with Crippen LogP contribution >= 0.6 is 11.3 Å². The lowest BCUT2D eigenvalue weighted by Gasteiger charge is -2.25. The minimum atomic E-state index is -0.857. The van der Waals surface area contributed by atoms with Gasteiger partial charge in [-0.3, -0.25) is 4.79 Å². The number of benzene rings is 2. The van der Waals surface area contributed by atoms with Crippen molar-refractivity contribution in [3.05, 3.63) is 76.0 Å². The smallest absolute Gasteiger partial charge is 0.349 e. The molecule has 3 aromatic rings. The number of carbonyl (C=O) groups is 2. The fraction of sp³-hybridized carbons (Fsp3) is 0.250. The molecule has 1 amide bonds. The second-order valence-corrected chi connectivity index (χ2v) is 8.38. The third kappa shape index (κ3) is 3.70. The molecule has 4 nitrogen and oxygen atoms in total. The zero-order valence-electron chi connectivity index (χ0n) is 16.7. The van der Waals surface area contributed by atoms with Crippen molar-refractivity contribution in [2.45, 2.75) is 39.3 Å². The number of rotatable bonds is 4. The highest BCUT2D eigenvalue weighted by Gasteiger charge is 2.34. The molecule has 1 aliphatic rings. The Kier molecular flexibility index (Phi) is 5.24. The molecule has 0 bridgehead atoms. The molecule has 0 spiro atoms. The Labute approximate surface area is 174 Å². The van der Waals surface area contributed by atoms with Crippen molar-refractivity contribution < 1.29 is 14.3 Å². The monoisotopic (exact) mass is 405 g/mol. The van der Waals surface area contributed by atoms with Crippen LogP contribution in [-0.2, 0) is 16.0 Å². The maximum absolute atomic E-state index is 13.1. The Balaban J connectivity index is 1.52. The fourth-order valence-corrected chi connectivity index (χ4v) is 4.59. The van der Waals surface area contributed by atoms with Crippen molar-refractivity contribution in [2.75, 3.05) is 4.90 Å². The Morgan fingerprint density at radius 1 is 1.10 bits per heavy atom. The van der Waals surface area contributed by atoms with Crippen LogP contribution in [-0.4, -0.2) is 24.0 Å². The number of ether oxygens (including phenoxy) is 1. The molecule has 4 rings (SSSR count). The molecule has 0 aliphatic carbocycles. The topological polar surface area (TPSA) is 46.6 Å². The molecule has 0 N–H and O–H groups in total. The third-order valence-electron chi connectivity index (χ3n) is 5.29. The van der Waals surface area contributed by atoms with Gasteiger partial charge in [0, 0.05) is 17.3 Å². The largest absolute Gasteiger partial charge is 0.448 e. The summed E-state index contributed by atoms with van der Waals surface area (Å²) < 4.78 is 5.60. The number of nitrogens with zero attached hydrogens (tertiary/aromatic N) is 1. The Hall–Kier alpha value is -2.92. The molecule has 0 unspecified atom stereocenters. The van der Waals surface area contributed by atoms with Crippen LogP contribution in [0.4, 0.5) is 5.69 Å². The molecule has 29 heavy (non-hydrogen) atoms. The second kappa shape index (κ2) is 7.84. The van der Waals surface area contributed by atoms with Gasteiger partial charge in [-0.25, -0.2) is 4.79 Å². The van der Waals surface area contributed by atoms with Gasteiger partial charge >= 0.3 is 5.97 Å². The average molecular weight is 406 g/mol. The van der Waals surface area contributed by atoms with Gasteiger partial charge in [-0.2, -0.15) is 0 Å². The van der Waals surface area contributed by atoms with Crippen molar-refractivity contribution >= 4 is 28.9 Å². The summed E-state index contributed by atoms with van der Waals surface area (Å²) in [5.41, 5.74) is 5.01. The standard InChI is InChI=1S/C24H23NO3S/c1-15-8-10-18(11-9-15)20-12-13-29-22(20)24(27)28-17(3)23(26)25-16(2)14-19-6-4-5-7-21(19)25/h4-13,16-17H,14H2,1-3H3/t16-,17-/m0/s1. The number of esters is 1. The van der Waals surface area contributed by atoms with Crippen molar-refractivity contribution in [3.63, 3.8) is 0 Å². The van der Waals surface area contributed by atoms with E-state index in [0.717, 1.165) is 34.4 Å². The normalized spacial score (nSPS) is 16.4. The first-order valence-electron chi connectivity index (χ1n) is 9.72. The van der Waals surface area contributed by atoms with E-state index in [1.807, 2.05) is 73.8 Å². The molecule has 148 valence electrons. The van der Waals surface area contributed by atoms with E-state index in [4.69, 9.17) is 4.74 Å². The van der Waals surface area contributed by atoms with Gasteiger partial charge in [0.25, 0.3) is 5.91 Å². The van der Waals surface area contributed by atoms with Crippen LogP contribution in [0.1, 0.15) is 34.6 Å². The SMILES string of the molecule is Cc1ccc(-c2ccsc2C(=O)O[C@@H](C)C(=O)N2c3ccccc3C[C@@H]2C)cc1. The molecule has 2 atom stereocenters. The van der Waals surface area contributed by atoms with Gasteiger partial charge in [0.15, 0.2) is 6.10 Å². The second-order valence-electron chi connectivity index (χ2n) is 7.47. The van der Waals surface area contributed by atoms with Crippen LogP contribution in [0.2, 0.25) is 0 Å². The first kappa shape index (κ1) is 19.4. The number of thiophene rings is 1. The van der Waals surface area contributed by atoms with Crippen molar-refractivity contribution in [1.29, 1.82) is 0 Å². The van der Waals surface area contributed by atoms with Gasteiger partial charge in [-0.05, 0) is 55.8 Å². The first-order chi connectivity index (χ1) is 14.0. The molecular weight excluding hydrogens is 382 g/mol. The summed E-state index contributed by atoms with van der Waals surface area (Å²) in [6.07, 6.45) is -0.0467. The summed E-state index contributed by atoms with van der Waals surface area (Å²) in [6.45, 7) is 5.69. The molecule has 0 radical (unpaired) electrons. The minimum absolute atomic E-state index is 0.0471. The van der Waals surface area contributed by atoms with E-state index in [9.17, 15) is 9.59 Å². The number of fused-ring (bicyclic) bond motifs is 1. The molecule has 0 fully saturated rings. The molecule has 0 saturated heterocycles. The zero-order valence-corrected chi connectivity index (χ0v) is 17.5. The highest BCUT2D eigenvalue weighted by Crippen LogP contribution is 2.33. The van der Waals surface area contributed by atoms with Gasteiger partial charge in [-0.1, -0.05) is 48.0 Å². The van der Waals surface area contributed by atoms with Gasteiger partial charge < -0.3 is 9.64 Å². The number of aryl methyl sites for hydroxylation is 1. The van der Waals surface area contributed by atoms with E-state index < -0.39 is 12.1 Å². The number of para-hydroxylation sites is 1. The van der Waals surface area contributed by atoms with E-state index in [2.05, 4.69) is 0 Å². The third-order valence-corrected chi connectivity index (χ3v) is 6.18. The minimum Gasteiger partial charge on any atom is -0.448 e. The fourth-order valence-electron chi connectivity index (χ4n) is 3.79. The molecule has 5 heteroatoms. The van der Waals surface area contributed by atoms with Crippen molar-refractivity contribution in [3.8, 4) is 11.1 Å². The van der Waals surface area contributed by atoms with Crippen LogP contribution in [0.3, 0.4) is 0 Å². The quantitative estimate of drug-likeness (QED) is 0.557. The van der Waals surface area contributed by atoms with E-state index in [1.165, 1.54) is 11.3 Å². The predicted octanol–water partition coefficient (Wildman–Crippen LogP) is 5.25. The number of amides is 1. The number of carbonyl (C=O) groups excluding carboxylic acids is 2. The number of anilines is 1. The molecule has 0 saturated carbocycles. The molecule has 1 aromatic heterocycles. The van der Waals surface area contributed by atoms with Crippen LogP contribution in [0, 0.1) is 6.92 Å². The lowest BCUT2D eigenvalue weighted by atomic mass is 10.1. The summed E-state index contributed by atoms with van der Waals surface area (Å²) in [4.78, 5) is 28.2. The first-order valence-corrected chi connectivity index (χ1v) is 10.6. The van der Waals surface area contributed by atoms with Crippen LogP contribution in [0.25, 0.3) is 11.1 Å². The summed E-state index contributed by atoms with van der Waals surface area (Å²) in [5, 5.41) is 1.87. The summed E-state index contributed by atoms with van der Waals surface area (Å²) >= 11 is 1.33. The van der Waals surface area contributed by atoms with Gasteiger partial charge in [0.2, 0.25) is 0 Å².